The lowest BCUT2D eigenvalue weighted by Crippen LogP contribution is -2.45. The molecule has 1 aliphatic heterocycles. The molecular formula is C11H10ClN3O2. The maximum absolute atomic E-state index is 12.1. The van der Waals surface area contributed by atoms with E-state index >= 15 is 0 Å². The monoisotopic (exact) mass is 251 g/mol. The van der Waals surface area contributed by atoms with Gasteiger partial charge in [0.15, 0.2) is 6.10 Å². The summed E-state index contributed by atoms with van der Waals surface area (Å²) in [6.45, 7) is 1.09. The third kappa shape index (κ3) is 2.54. The Morgan fingerprint density at radius 3 is 3.24 bits per heavy atom. The van der Waals surface area contributed by atoms with Crippen molar-refractivity contribution in [1.82, 2.24) is 9.88 Å². The second-order valence-corrected chi connectivity index (χ2v) is 3.94. The molecule has 0 spiro atoms. The van der Waals surface area contributed by atoms with E-state index in [1.165, 1.54) is 6.20 Å². The molecule has 0 saturated carbocycles. The SMILES string of the molecule is N#CC1CN(C(=O)c2cccnc2Cl)CCO1. The number of amides is 1. The molecule has 2 heterocycles. The summed E-state index contributed by atoms with van der Waals surface area (Å²) in [6, 6.07) is 5.26. The Kier molecular flexibility index (Phi) is 3.57. The van der Waals surface area contributed by atoms with Gasteiger partial charge in [0.25, 0.3) is 5.91 Å². The average molecular weight is 252 g/mol. The molecule has 0 aliphatic carbocycles. The second kappa shape index (κ2) is 5.13. The largest absolute Gasteiger partial charge is 0.360 e. The fraction of sp³-hybridized carbons (Fsp3) is 0.364. The molecule has 88 valence electrons. The Labute approximate surface area is 104 Å². The van der Waals surface area contributed by atoms with Crippen molar-refractivity contribution in [2.24, 2.45) is 0 Å². The van der Waals surface area contributed by atoms with Crippen LogP contribution in [0.15, 0.2) is 18.3 Å². The first-order valence-electron chi connectivity index (χ1n) is 5.13. The lowest BCUT2D eigenvalue weighted by molar-refractivity contribution is 0.00345. The Morgan fingerprint density at radius 1 is 1.71 bits per heavy atom. The van der Waals surface area contributed by atoms with Gasteiger partial charge in [-0.15, -0.1) is 0 Å². The molecular weight excluding hydrogens is 242 g/mol. The van der Waals surface area contributed by atoms with Crippen LogP contribution in [0.1, 0.15) is 10.4 Å². The van der Waals surface area contributed by atoms with Gasteiger partial charge in [0.2, 0.25) is 0 Å². The summed E-state index contributed by atoms with van der Waals surface area (Å²) in [5.41, 5.74) is 0.354. The van der Waals surface area contributed by atoms with Gasteiger partial charge < -0.3 is 9.64 Å². The van der Waals surface area contributed by atoms with Gasteiger partial charge >= 0.3 is 0 Å². The van der Waals surface area contributed by atoms with E-state index in [2.05, 4.69) is 4.98 Å². The van der Waals surface area contributed by atoms with Crippen molar-refractivity contribution in [1.29, 1.82) is 5.26 Å². The van der Waals surface area contributed by atoms with Crippen molar-refractivity contribution in [2.45, 2.75) is 6.10 Å². The third-order valence-electron chi connectivity index (χ3n) is 2.49. The summed E-state index contributed by atoms with van der Waals surface area (Å²) < 4.78 is 5.17. The summed E-state index contributed by atoms with van der Waals surface area (Å²) in [6.07, 6.45) is 0.958. The number of nitrogens with zero attached hydrogens (tertiary/aromatic N) is 3. The summed E-state index contributed by atoms with van der Waals surface area (Å²) in [5, 5.41) is 8.94. The van der Waals surface area contributed by atoms with Gasteiger partial charge in [-0.25, -0.2) is 4.98 Å². The van der Waals surface area contributed by atoms with Gasteiger partial charge in [-0.1, -0.05) is 11.6 Å². The Bertz CT molecular complexity index is 472. The molecule has 17 heavy (non-hydrogen) atoms. The van der Waals surface area contributed by atoms with Crippen molar-refractivity contribution in [2.75, 3.05) is 19.7 Å². The van der Waals surface area contributed by atoms with Crippen LogP contribution < -0.4 is 0 Å². The highest BCUT2D eigenvalue weighted by molar-refractivity contribution is 6.32. The number of pyridine rings is 1. The van der Waals surface area contributed by atoms with Crippen molar-refractivity contribution in [3.8, 4) is 6.07 Å². The number of nitriles is 1. The number of hydrogen-bond acceptors (Lipinski definition) is 4. The first-order chi connectivity index (χ1) is 8.22. The first-order valence-corrected chi connectivity index (χ1v) is 5.51. The Hall–Kier alpha value is -1.64. The number of morpholine rings is 1. The second-order valence-electron chi connectivity index (χ2n) is 3.58. The minimum Gasteiger partial charge on any atom is -0.360 e. The molecule has 1 saturated heterocycles. The van der Waals surface area contributed by atoms with Crippen molar-refractivity contribution in [3.63, 3.8) is 0 Å². The van der Waals surface area contributed by atoms with Crippen LogP contribution in [0.3, 0.4) is 0 Å². The normalized spacial score (nSPS) is 19.8. The van der Waals surface area contributed by atoms with Gasteiger partial charge in [-0.2, -0.15) is 5.26 Å². The number of carbonyl (C=O) groups is 1. The molecule has 5 nitrogen and oxygen atoms in total. The highest BCUT2D eigenvalue weighted by Crippen LogP contribution is 2.16. The predicted molar refractivity (Wildman–Crippen MR) is 60.5 cm³/mol. The van der Waals surface area contributed by atoms with Gasteiger partial charge in [-0.3, -0.25) is 4.79 Å². The standard InChI is InChI=1S/C11H10ClN3O2/c12-10-9(2-1-3-14-10)11(16)15-4-5-17-8(6-13)7-15/h1-3,8H,4-5,7H2. The lowest BCUT2D eigenvalue weighted by atomic mass is 10.2. The smallest absolute Gasteiger partial charge is 0.257 e. The zero-order valence-corrected chi connectivity index (χ0v) is 9.72. The van der Waals surface area contributed by atoms with Crippen LogP contribution in [0.4, 0.5) is 0 Å². The van der Waals surface area contributed by atoms with E-state index in [1.807, 2.05) is 6.07 Å². The Morgan fingerprint density at radius 2 is 2.53 bits per heavy atom. The molecule has 0 N–H and O–H groups in total. The number of halogens is 1. The van der Waals surface area contributed by atoms with Gasteiger partial charge in [0, 0.05) is 12.7 Å². The van der Waals surface area contributed by atoms with E-state index in [1.54, 1.807) is 17.0 Å². The van der Waals surface area contributed by atoms with E-state index in [9.17, 15) is 4.79 Å². The number of rotatable bonds is 1. The molecule has 0 bridgehead atoms. The molecule has 1 aromatic heterocycles. The van der Waals surface area contributed by atoms with Crippen LogP contribution in [0.2, 0.25) is 5.15 Å². The summed E-state index contributed by atoms with van der Waals surface area (Å²) in [7, 11) is 0. The molecule has 0 radical (unpaired) electrons. The number of carbonyl (C=O) groups excluding carboxylic acids is 1. The van der Waals surface area contributed by atoms with Crippen molar-refractivity contribution >= 4 is 17.5 Å². The predicted octanol–water partition coefficient (Wildman–Crippen LogP) is 1.10. The van der Waals surface area contributed by atoms with Gasteiger partial charge in [0.1, 0.15) is 5.15 Å². The molecule has 6 heteroatoms. The van der Waals surface area contributed by atoms with Crippen LogP contribution in [0.5, 0.6) is 0 Å². The number of ether oxygens (including phenoxy) is 1. The average Bonchev–Trinajstić information content (AvgIpc) is 2.38. The highest BCUT2D eigenvalue weighted by atomic mass is 35.5. The molecule has 1 atom stereocenters. The number of aromatic nitrogens is 1. The van der Waals surface area contributed by atoms with Crippen LogP contribution in [-0.4, -0.2) is 41.6 Å². The van der Waals surface area contributed by atoms with E-state index in [-0.39, 0.29) is 17.6 Å². The summed E-state index contributed by atoms with van der Waals surface area (Å²) >= 11 is 5.85. The molecule has 1 unspecified atom stereocenters. The molecule has 1 aliphatic rings. The Balaban J connectivity index is 2.16. The zero-order valence-electron chi connectivity index (χ0n) is 8.97. The molecule has 2 rings (SSSR count). The van der Waals surface area contributed by atoms with Crippen LogP contribution in [0, 0.1) is 11.3 Å². The zero-order chi connectivity index (χ0) is 12.3. The van der Waals surface area contributed by atoms with E-state index in [4.69, 9.17) is 21.6 Å². The molecule has 0 aromatic carbocycles. The van der Waals surface area contributed by atoms with Crippen LogP contribution >= 0.6 is 11.6 Å². The molecule has 1 amide bonds. The first kappa shape index (κ1) is 11.8. The maximum Gasteiger partial charge on any atom is 0.257 e. The van der Waals surface area contributed by atoms with Crippen molar-refractivity contribution in [3.05, 3.63) is 29.0 Å². The maximum atomic E-state index is 12.1. The lowest BCUT2D eigenvalue weighted by Gasteiger charge is -2.29. The van der Waals surface area contributed by atoms with Crippen LogP contribution in [0.25, 0.3) is 0 Å². The fourth-order valence-electron chi connectivity index (χ4n) is 1.63. The molecule has 1 fully saturated rings. The minimum absolute atomic E-state index is 0.178. The molecule has 1 aromatic rings. The highest BCUT2D eigenvalue weighted by Gasteiger charge is 2.26. The summed E-state index contributed by atoms with van der Waals surface area (Å²) in [4.78, 5) is 17.5. The summed E-state index contributed by atoms with van der Waals surface area (Å²) in [5.74, 6) is -0.216. The third-order valence-corrected chi connectivity index (χ3v) is 2.79. The quantitative estimate of drug-likeness (QED) is 0.701. The van der Waals surface area contributed by atoms with Crippen molar-refractivity contribution < 1.29 is 9.53 Å². The van der Waals surface area contributed by atoms with E-state index in [0.29, 0.717) is 18.7 Å². The van der Waals surface area contributed by atoms with E-state index in [0.717, 1.165) is 0 Å². The van der Waals surface area contributed by atoms with E-state index < -0.39 is 6.10 Å². The van der Waals surface area contributed by atoms with Gasteiger partial charge in [0.05, 0.1) is 24.8 Å². The topological polar surface area (TPSA) is 66.2 Å². The van der Waals surface area contributed by atoms with Gasteiger partial charge in [-0.05, 0) is 12.1 Å². The van der Waals surface area contributed by atoms with Crippen LogP contribution in [-0.2, 0) is 4.74 Å². The number of hydrogen-bond donors (Lipinski definition) is 0. The fourth-order valence-corrected chi connectivity index (χ4v) is 1.83. The minimum atomic E-state index is -0.567.